The highest BCUT2D eigenvalue weighted by molar-refractivity contribution is 5.90. The summed E-state index contributed by atoms with van der Waals surface area (Å²) in [4.78, 5) is 29.1. The van der Waals surface area contributed by atoms with Gasteiger partial charge in [-0.2, -0.15) is 5.10 Å². The quantitative estimate of drug-likeness (QED) is 0.169. The summed E-state index contributed by atoms with van der Waals surface area (Å²) in [5.41, 5.74) is 5.40. The number of aromatic nitrogens is 3. The number of rotatable bonds is 9. The van der Waals surface area contributed by atoms with E-state index >= 15 is 0 Å². The number of allylic oxidation sites excluding steroid dienone is 2. The maximum atomic E-state index is 12.9. The molecule has 11 heteroatoms. The van der Waals surface area contributed by atoms with Gasteiger partial charge in [-0.25, -0.2) is 9.48 Å². The predicted octanol–water partition coefficient (Wildman–Crippen LogP) is 7.66. The lowest BCUT2D eigenvalue weighted by Crippen LogP contribution is -2.49. The molecule has 50 heavy (non-hydrogen) atoms. The van der Waals surface area contributed by atoms with Crippen LogP contribution in [0.4, 0.5) is 13.2 Å². The Morgan fingerprint density at radius 3 is 2.50 bits per heavy atom. The number of hydrogen-bond acceptors (Lipinski definition) is 5. The largest absolute Gasteiger partial charge is 0.575 e. The normalized spacial score (nSPS) is 19.8. The molecule has 2 aromatic heterocycles. The smallest absolute Gasteiger partial charge is 0.369 e. The van der Waals surface area contributed by atoms with Crippen molar-refractivity contribution >= 4 is 22.8 Å². The van der Waals surface area contributed by atoms with E-state index in [9.17, 15) is 22.8 Å². The van der Waals surface area contributed by atoms with Crippen LogP contribution in [-0.2, 0) is 28.2 Å². The van der Waals surface area contributed by atoms with Crippen LogP contribution in [0.1, 0.15) is 83.6 Å². The highest BCUT2D eigenvalue weighted by Gasteiger charge is 2.42. The molecule has 7 rings (SSSR count). The number of ether oxygens (including phenoxy) is 1. The summed E-state index contributed by atoms with van der Waals surface area (Å²) >= 11 is 0. The molecule has 0 spiro atoms. The van der Waals surface area contributed by atoms with Gasteiger partial charge in [-0.15, -0.1) is 13.2 Å². The third kappa shape index (κ3) is 6.22. The predicted molar refractivity (Wildman–Crippen MR) is 184 cm³/mol. The molecule has 8 nitrogen and oxygen atoms in total. The Balaban J connectivity index is 1.24. The number of amides is 1. The van der Waals surface area contributed by atoms with Gasteiger partial charge in [0.15, 0.2) is 5.66 Å². The monoisotopic (exact) mass is 685 g/mol. The molecule has 3 aliphatic rings. The fourth-order valence-corrected chi connectivity index (χ4v) is 7.87. The molecular formula is C39H42F3N5O3. The zero-order chi connectivity index (χ0) is 35.2. The van der Waals surface area contributed by atoms with Crippen molar-refractivity contribution in [2.24, 2.45) is 5.92 Å². The molecule has 1 atom stereocenters. The number of nitrogens with zero attached hydrogens (tertiary/aromatic N) is 5. The maximum absolute atomic E-state index is 12.9. The summed E-state index contributed by atoms with van der Waals surface area (Å²) in [5, 5.41) is 5.50. The van der Waals surface area contributed by atoms with E-state index in [4.69, 9.17) is 0 Å². The number of alkyl halides is 3. The van der Waals surface area contributed by atoms with Crippen molar-refractivity contribution in [1.82, 2.24) is 24.1 Å². The molecular weight excluding hydrogens is 643 g/mol. The van der Waals surface area contributed by atoms with Crippen LogP contribution in [0.5, 0.6) is 0 Å². The van der Waals surface area contributed by atoms with Crippen molar-refractivity contribution in [3.8, 4) is 0 Å². The molecule has 1 unspecified atom stereocenters. The van der Waals surface area contributed by atoms with Crippen molar-refractivity contribution < 1.29 is 27.5 Å². The highest BCUT2D eigenvalue weighted by Crippen LogP contribution is 2.41. The number of carbonyl (C=O) groups excluding carboxylic acids is 2. The zero-order valence-corrected chi connectivity index (χ0v) is 28.6. The second-order valence-corrected chi connectivity index (χ2v) is 13.6. The van der Waals surface area contributed by atoms with E-state index in [1.807, 2.05) is 48.4 Å². The minimum atomic E-state index is -5.10. The molecule has 0 N–H and O–H groups in total. The molecule has 0 radical (unpaired) electrons. The van der Waals surface area contributed by atoms with Crippen LogP contribution >= 0.6 is 0 Å². The van der Waals surface area contributed by atoms with Crippen LogP contribution in [0, 0.1) is 12.8 Å². The van der Waals surface area contributed by atoms with E-state index in [0.29, 0.717) is 24.9 Å². The summed E-state index contributed by atoms with van der Waals surface area (Å²) in [6.45, 7) is 9.06. The number of carbonyl (C=O) groups is 2. The summed E-state index contributed by atoms with van der Waals surface area (Å²) in [5.74, 6) is -0.483. The molecule has 1 saturated carbocycles. The first-order chi connectivity index (χ1) is 24.0. The minimum Gasteiger partial charge on any atom is -0.369 e. The molecule has 1 aliphatic carbocycles. The summed E-state index contributed by atoms with van der Waals surface area (Å²) in [7, 11) is 0. The van der Waals surface area contributed by atoms with E-state index in [1.165, 1.54) is 17.3 Å². The van der Waals surface area contributed by atoms with Gasteiger partial charge in [0.25, 0.3) is 0 Å². The average Bonchev–Trinajstić information content (AvgIpc) is 3.75. The minimum absolute atomic E-state index is 0.260. The third-order valence-corrected chi connectivity index (χ3v) is 10.5. The van der Waals surface area contributed by atoms with Gasteiger partial charge >= 0.3 is 12.3 Å². The van der Waals surface area contributed by atoms with Gasteiger partial charge in [0.1, 0.15) is 0 Å². The molecule has 4 aromatic rings. The summed E-state index contributed by atoms with van der Waals surface area (Å²) in [6, 6.07) is 12.9. The Morgan fingerprint density at radius 2 is 1.80 bits per heavy atom. The first-order valence-corrected chi connectivity index (χ1v) is 17.5. The van der Waals surface area contributed by atoms with Crippen LogP contribution < -0.4 is 0 Å². The molecule has 2 aliphatic heterocycles. The lowest BCUT2D eigenvalue weighted by molar-refractivity contribution is -0.291. The number of likely N-dealkylation sites (tertiary alicyclic amines) is 1. The number of fused-ring (bicyclic) bond motifs is 1. The van der Waals surface area contributed by atoms with Crippen LogP contribution in [0.3, 0.4) is 0 Å². The van der Waals surface area contributed by atoms with Gasteiger partial charge in [0, 0.05) is 61.6 Å². The van der Waals surface area contributed by atoms with E-state index < -0.39 is 18.0 Å². The van der Waals surface area contributed by atoms with Crippen molar-refractivity contribution in [3.05, 3.63) is 113 Å². The molecule has 1 amide bonds. The first-order valence-electron chi connectivity index (χ1n) is 17.5. The van der Waals surface area contributed by atoms with Gasteiger partial charge in [-0.05, 0) is 86.3 Å². The first kappa shape index (κ1) is 33.7. The number of likely N-dealkylation sites (N-methyl/N-ethyl adjacent to an activating group) is 1. The topological polar surface area (TPSA) is 72.6 Å². The SMILES string of the molecule is CCc1cc(Cn2cc(C)c3cccc(C4(n5cc(C(=O)OC(F)(F)F)cn5)C=CC=CN4CC)c32)ccc1C1CCN(C(=O)C2CC2)CC1. The molecule has 0 bridgehead atoms. The summed E-state index contributed by atoms with van der Waals surface area (Å²) in [6.07, 6.45) is 12.1. The van der Waals surface area contributed by atoms with Crippen LogP contribution in [-0.4, -0.2) is 62.0 Å². The Kier molecular flexibility index (Phi) is 8.86. The number of esters is 1. The lowest BCUT2D eigenvalue weighted by Gasteiger charge is -2.43. The van der Waals surface area contributed by atoms with Crippen molar-refractivity contribution in [3.63, 3.8) is 0 Å². The van der Waals surface area contributed by atoms with Crippen molar-refractivity contribution in [2.75, 3.05) is 19.6 Å². The highest BCUT2D eigenvalue weighted by atomic mass is 19.4. The van der Waals surface area contributed by atoms with Crippen LogP contribution in [0.15, 0.2) is 79.4 Å². The van der Waals surface area contributed by atoms with Gasteiger partial charge in [-0.3, -0.25) is 4.79 Å². The Bertz CT molecular complexity index is 1980. The van der Waals surface area contributed by atoms with Gasteiger partial charge in [0.2, 0.25) is 5.91 Å². The Hall–Kier alpha value is -4.80. The van der Waals surface area contributed by atoms with Crippen molar-refractivity contribution in [1.29, 1.82) is 0 Å². The second kappa shape index (κ2) is 13.2. The van der Waals surface area contributed by atoms with Gasteiger partial charge in [-0.1, -0.05) is 49.4 Å². The number of piperidine rings is 1. The zero-order valence-electron chi connectivity index (χ0n) is 28.6. The van der Waals surface area contributed by atoms with Gasteiger partial charge in [0.05, 0.1) is 17.3 Å². The van der Waals surface area contributed by atoms with E-state index in [1.54, 1.807) is 4.68 Å². The lowest BCUT2D eigenvalue weighted by atomic mass is 9.85. The standard InChI is InChI=1S/C39H42F3N5O3/c1-4-28-21-27(11-14-33(28)29-15-19-44(20-16-29)36(48)30-12-13-30)24-45-23-26(3)32-9-8-10-34(35(32)45)38(17-6-7-18-46(38)5-2)47-25-31(22-43-47)37(49)50-39(40,41)42/h6-11,14,17-18,21-23,25,29-30H,4-5,12-13,15-16,19-20,24H2,1-3H3. The fraction of sp³-hybridized carbons (Fsp3) is 0.410. The number of benzene rings is 2. The molecule has 1 saturated heterocycles. The molecule has 2 aromatic carbocycles. The number of para-hydroxylation sites is 1. The average molecular weight is 686 g/mol. The third-order valence-electron chi connectivity index (χ3n) is 10.5. The summed E-state index contributed by atoms with van der Waals surface area (Å²) < 4.78 is 46.3. The Labute approximate surface area is 289 Å². The molecule has 2 fully saturated rings. The van der Waals surface area contributed by atoms with Crippen LogP contribution in [0.2, 0.25) is 0 Å². The fourth-order valence-electron chi connectivity index (χ4n) is 7.87. The maximum Gasteiger partial charge on any atom is 0.575 e. The number of aryl methyl sites for hydroxylation is 2. The van der Waals surface area contributed by atoms with Gasteiger partial charge < -0.3 is 19.1 Å². The second-order valence-electron chi connectivity index (χ2n) is 13.6. The molecule has 262 valence electrons. The van der Waals surface area contributed by atoms with E-state index in [-0.39, 0.29) is 11.5 Å². The van der Waals surface area contributed by atoms with Crippen LogP contribution in [0.25, 0.3) is 10.9 Å². The Morgan fingerprint density at radius 1 is 1.02 bits per heavy atom. The van der Waals surface area contributed by atoms with E-state index in [0.717, 1.165) is 79.0 Å². The number of hydrogen-bond donors (Lipinski definition) is 0. The van der Waals surface area contributed by atoms with E-state index in [2.05, 4.69) is 63.6 Å². The van der Waals surface area contributed by atoms with Crippen molar-refractivity contribution in [2.45, 2.75) is 77.4 Å². The molecule has 4 heterocycles. The number of halogens is 3.